The monoisotopic (exact) mass is 314 g/mol. The van der Waals surface area contributed by atoms with Crippen LogP contribution in [0.25, 0.3) is 0 Å². The van der Waals surface area contributed by atoms with Crippen LogP contribution in [0.15, 0.2) is 23.1 Å². The molecule has 2 rings (SSSR count). The van der Waals surface area contributed by atoms with Crippen molar-refractivity contribution in [2.24, 2.45) is 17.0 Å². The number of primary sulfonamides is 1. The van der Waals surface area contributed by atoms with Crippen LogP contribution in [0.5, 0.6) is 0 Å². The van der Waals surface area contributed by atoms with Crippen molar-refractivity contribution in [1.29, 1.82) is 0 Å². The lowest BCUT2D eigenvalue weighted by Crippen LogP contribution is -2.29. The minimum atomic E-state index is -4.04. The predicted octanol–water partition coefficient (Wildman–Crippen LogP) is 1.59. The Kier molecular flexibility index (Phi) is 4.34. The van der Waals surface area contributed by atoms with E-state index >= 15 is 0 Å². The normalized spacial score (nSPS) is 19.3. The van der Waals surface area contributed by atoms with Gasteiger partial charge >= 0.3 is 0 Å². The zero-order valence-corrected chi connectivity index (χ0v) is 12.9. The van der Waals surface area contributed by atoms with Gasteiger partial charge in [0.05, 0.1) is 4.90 Å². The van der Waals surface area contributed by atoms with Gasteiger partial charge in [0.15, 0.2) is 0 Å². The summed E-state index contributed by atoms with van der Waals surface area (Å²) in [6, 6.07) is 2.98. The van der Waals surface area contributed by atoms with Gasteiger partial charge < -0.3 is 4.90 Å². The molecule has 5 nitrogen and oxygen atoms in total. The van der Waals surface area contributed by atoms with E-state index in [4.69, 9.17) is 5.14 Å². The van der Waals surface area contributed by atoms with Gasteiger partial charge in [0.2, 0.25) is 10.0 Å². The Hall–Kier alpha value is -1.47. The van der Waals surface area contributed by atoms with Crippen LogP contribution in [-0.2, 0) is 10.0 Å². The number of hydrogen-bond donors (Lipinski definition) is 1. The Morgan fingerprint density at radius 3 is 2.57 bits per heavy atom. The van der Waals surface area contributed by atoms with Gasteiger partial charge in [-0.3, -0.25) is 4.79 Å². The number of rotatable bonds is 3. The summed E-state index contributed by atoms with van der Waals surface area (Å²) < 4.78 is 36.1. The molecule has 7 heteroatoms. The van der Waals surface area contributed by atoms with Gasteiger partial charge in [0, 0.05) is 18.7 Å². The van der Waals surface area contributed by atoms with Crippen LogP contribution in [0.3, 0.4) is 0 Å². The SMILES string of the molecule is CC(C)C1CCN(C(=O)c2cc(F)cc(S(N)(=O)=O)c2)C1. The highest BCUT2D eigenvalue weighted by molar-refractivity contribution is 7.89. The maximum absolute atomic E-state index is 13.5. The second kappa shape index (κ2) is 5.73. The first-order valence-electron chi connectivity index (χ1n) is 6.81. The molecule has 1 unspecified atom stereocenters. The highest BCUT2D eigenvalue weighted by Crippen LogP contribution is 2.25. The molecule has 21 heavy (non-hydrogen) atoms. The zero-order chi connectivity index (χ0) is 15.8. The molecule has 0 aromatic heterocycles. The molecule has 0 aliphatic carbocycles. The number of sulfonamides is 1. The van der Waals surface area contributed by atoms with Crippen molar-refractivity contribution in [2.75, 3.05) is 13.1 Å². The molecule has 116 valence electrons. The van der Waals surface area contributed by atoms with Gasteiger partial charge in [0.25, 0.3) is 5.91 Å². The third-order valence-corrected chi connectivity index (χ3v) is 4.79. The first kappa shape index (κ1) is 15.9. The maximum Gasteiger partial charge on any atom is 0.254 e. The third-order valence-electron chi connectivity index (χ3n) is 3.90. The molecule has 0 saturated carbocycles. The topological polar surface area (TPSA) is 80.5 Å². The largest absolute Gasteiger partial charge is 0.338 e. The number of carbonyl (C=O) groups is 1. The van der Waals surface area contributed by atoms with Crippen LogP contribution in [-0.4, -0.2) is 32.3 Å². The minimum absolute atomic E-state index is 0.0171. The number of nitrogens with two attached hydrogens (primary N) is 1. The van der Waals surface area contributed by atoms with Crippen molar-refractivity contribution in [1.82, 2.24) is 4.90 Å². The molecule has 1 saturated heterocycles. The number of benzene rings is 1. The van der Waals surface area contributed by atoms with Gasteiger partial charge in [-0.25, -0.2) is 17.9 Å². The molecular formula is C14H19FN2O3S. The Morgan fingerprint density at radius 2 is 2.05 bits per heavy atom. The van der Waals surface area contributed by atoms with Crippen molar-refractivity contribution in [3.05, 3.63) is 29.6 Å². The molecule has 0 bridgehead atoms. The minimum Gasteiger partial charge on any atom is -0.338 e. The van der Waals surface area contributed by atoms with E-state index in [2.05, 4.69) is 13.8 Å². The van der Waals surface area contributed by atoms with Crippen LogP contribution in [0.2, 0.25) is 0 Å². The molecular weight excluding hydrogens is 295 g/mol. The molecule has 1 aliphatic rings. The van der Waals surface area contributed by atoms with E-state index in [-0.39, 0.29) is 16.4 Å². The highest BCUT2D eigenvalue weighted by atomic mass is 32.2. The number of likely N-dealkylation sites (tertiary alicyclic amines) is 1. The quantitative estimate of drug-likeness (QED) is 0.920. The number of amides is 1. The Bertz CT molecular complexity index is 658. The van der Waals surface area contributed by atoms with Crippen LogP contribution in [0.1, 0.15) is 30.6 Å². The van der Waals surface area contributed by atoms with Crippen molar-refractivity contribution in [3.8, 4) is 0 Å². The van der Waals surface area contributed by atoms with Crippen LogP contribution >= 0.6 is 0 Å². The first-order valence-corrected chi connectivity index (χ1v) is 8.36. The highest BCUT2D eigenvalue weighted by Gasteiger charge is 2.29. The number of hydrogen-bond acceptors (Lipinski definition) is 3. The van der Waals surface area contributed by atoms with Crippen molar-refractivity contribution in [3.63, 3.8) is 0 Å². The molecule has 1 fully saturated rings. The standard InChI is InChI=1S/C14H19FN2O3S/c1-9(2)10-3-4-17(8-10)14(18)11-5-12(15)7-13(6-11)21(16,19)20/h5-7,9-10H,3-4,8H2,1-2H3,(H2,16,19,20). The van der Waals surface area contributed by atoms with Gasteiger partial charge in [0.1, 0.15) is 5.82 Å². The second-order valence-electron chi connectivity index (χ2n) is 5.76. The second-order valence-corrected chi connectivity index (χ2v) is 7.33. The van der Waals surface area contributed by atoms with Crippen LogP contribution in [0.4, 0.5) is 4.39 Å². The average molecular weight is 314 g/mol. The Labute approximate surface area is 124 Å². The predicted molar refractivity (Wildman–Crippen MR) is 76.6 cm³/mol. The van der Waals surface area contributed by atoms with Gasteiger partial charge in [-0.1, -0.05) is 13.8 Å². The lowest BCUT2D eigenvalue weighted by Gasteiger charge is -2.18. The van der Waals surface area contributed by atoms with E-state index in [9.17, 15) is 17.6 Å². The summed E-state index contributed by atoms with van der Waals surface area (Å²) >= 11 is 0. The molecule has 1 aromatic rings. The average Bonchev–Trinajstić information content (AvgIpc) is 2.85. The van der Waals surface area contributed by atoms with Gasteiger partial charge in [-0.05, 0) is 36.5 Å². The summed E-state index contributed by atoms with van der Waals surface area (Å²) in [5.74, 6) is -0.262. The van der Waals surface area contributed by atoms with E-state index in [0.717, 1.165) is 24.6 Å². The van der Waals surface area contributed by atoms with Crippen molar-refractivity contribution >= 4 is 15.9 Å². The molecule has 1 atom stereocenters. The smallest absolute Gasteiger partial charge is 0.254 e. The van der Waals surface area contributed by atoms with E-state index in [1.54, 1.807) is 4.90 Å². The fourth-order valence-electron chi connectivity index (χ4n) is 2.55. The lowest BCUT2D eigenvalue weighted by atomic mass is 9.95. The summed E-state index contributed by atoms with van der Waals surface area (Å²) in [5, 5.41) is 4.99. The molecule has 2 N–H and O–H groups in total. The lowest BCUT2D eigenvalue weighted by molar-refractivity contribution is 0.0783. The fourth-order valence-corrected chi connectivity index (χ4v) is 3.12. The van der Waals surface area contributed by atoms with E-state index in [0.29, 0.717) is 24.9 Å². The summed E-state index contributed by atoms with van der Waals surface area (Å²) in [5.41, 5.74) is 0.0171. The molecule has 1 aliphatic heterocycles. The zero-order valence-electron chi connectivity index (χ0n) is 12.0. The van der Waals surface area contributed by atoms with Gasteiger partial charge in [-0.2, -0.15) is 0 Å². The molecule has 1 amide bonds. The molecule has 0 spiro atoms. The van der Waals surface area contributed by atoms with Crippen LogP contribution < -0.4 is 5.14 Å². The van der Waals surface area contributed by atoms with Crippen LogP contribution in [0, 0.1) is 17.7 Å². The number of halogens is 1. The van der Waals surface area contributed by atoms with E-state index < -0.39 is 15.8 Å². The number of nitrogens with zero attached hydrogens (tertiary/aromatic N) is 1. The Morgan fingerprint density at radius 1 is 1.38 bits per heavy atom. The van der Waals surface area contributed by atoms with Crippen molar-refractivity contribution < 1.29 is 17.6 Å². The summed E-state index contributed by atoms with van der Waals surface area (Å²) in [4.78, 5) is 13.6. The third kappa shape index (κ3) is 3.59. The summed E-state index contributed by atoms with van der Waals surface area (Å²) in [7, 11) is -4.04. The summed E-state index contributed by atoms with van der Waals surface area (Å²) in [6.07, 6.45) is 0.904. The molecule has 1 heterocycles. The summed E-state index contributed by atoms with van der Waals surface area (Å²) in [6.45, 7) is 5.40. The molecule has 0 radical (unpaired) electrons. The molecule has 1 aromatic carbocycles. The first-order chi connectivity index (χ1) is 9.68. The fraction of sp³-hybridized carbons (Fsp3) is 0.500. The van der Waals surface area contributed by atoms with E-state index in [1.165, 1.54) is 0 Å². The maximum atomic E-state index is 13.5. The number of carbonyl (C=O) groups excluding carboxylic acids is 1. The van der Waals surface area contributed by atoms with Gasteiger partial charge in [-0.15, -0.1) is 0 Å². The van der Waals surface area contributed by atoms with E-state index in [1.807, 2.05) is 0 Å². The Balaban J connectivity index is 2.26. The van der Waals surface area contributed by atoms with Crippen molar-refractivity contribution in [2.45, 2.75) is 25.2 Å².